The van der Waals surface area contributed by atoms with Crippen LogP contribution in [0.4, 0.5) is 0 Å². The van der Waals surface area contributed by atoms with Crippen molar-refractivity contribution < 1.29 is 26.2 Å². The van der Waals surface area contributed by atoms with Gasteiger partial charge in [0.05, 0.1) is 0 Å². The Hall–Kier alpha value is 0.883. The second-order valence-corrected chi connectivity index (χ2v) is 3.24. The Morgan fingerprint density at radius 3 is 2.22 bits per heavy atom. The molecule has 0 aromatic rings. The van der Waals surface area contributed by atoms with Crippen molar-refractivity contribution in [1.29, 1.82) is 0 Å². The van der Waals surface area contributed by atoms with Gasteiger partial charge in [-0.2, -0.15) is 11.3 Å². The smallest absolute Gasteiger partial charge is 0.342 e. The molecule has 0 heterocycles. The maximum atomic E-state index is 4.09. The predicted octanol–water partition coefficient (Wildman–Crippen LogP) is 2.46. The molecule has 0 aromatic heterocycles. The SMILES string of the molecule is [CH2-][C@H]1CCC[C@]1([CH2-])C.[Zr+2]. The van der Waals surface area contributed by atoms with Crippen LogP contribution in [-0.4, -0.2) is 0 Å². The van der Waals surface area contributed by atoms with Gasteiger partial charge in [0, 0.05) is 0 Å². The first-order chi connectivity index (χ1) is 3.63. The number of hydrogen-bond donors (Lipinski definition) is 0. The fourth-order valence-corrected chi connectivity index (χ4v) is 1.30. The van der Waals surface area contributed by atoms with Crippen molar-refractivity contribution in [3.05, 3.63) is 13.8 Å². The van der Waals surface area contributed by atoms with Gasteiger partial charge in [0.2, 0.25) is 0 Å². The van der Waals surface area contributed by atoms with E-state index in [-0.39, 0.29) is 26.2 Å². The third-order valence-electron chi connectivity index (χ3n) is 2.29. The molecule has 1 rings (SSSR count). The Morgan fingerprint density at radius 1 is 1.56 bits per heavy atom. The molecule has 2 atom stereocenters. The fourth-order valence-electron chi connectivity index (χ4n) is 1.30. The third-order valence-corrected chi connectivity index (χ3v) is 2.29. The predicted molar refractivity (Wildman–Crippen MR) is 36.2 cm³/mol. The third kappa shape index (κ3) is 2.18. The summed E-state index contributed by atoms with van der Waals surface area (Å²) in [5, 5.41) is 0. The molecule has 0 amide bonds. The van der Waals surface area contributed by atoms with Crippen LogP contribution in [-0.2, 0) is 26.2 Å². The van der Waals surface area contributed by atoms with Crippen molar-refractivity contribution in [3.63, 3.8) is 0 Å². The molecular formula is C8H14Zr. The summed E-state index contributed by atoms with van der Waals surface area (Å²) < 4.78 is 0. The van der Waals surface area contributed by atoms with Crippen molar-refractivity contribution in [2.24, 2.45) is 11.3 Å². The van der Waals surface area contributed by atoms with Gasteiger partial charge in [0.25, 0.3) is 0 Å². The van der Waals surface area contributed by atoms with Crippen LogP contribution in [0.3, 0.4) is 0 Å². The van der Waals surface area contributed by atoms with Gasteiger partial charge in [-0.25, -0.2) is 0 Å². The molecule has 0 nitrogen and oxygen atoms in total. The van der Waals surface area contributed by atoms with E-state index in [2.05, 4.69) is 20.8 Å². The van der Waals surface area contributed by atoms with Gasteiger partial charge >= 0.3 is 26.2 Å². The summed E-state index contributed by atoms with van der Waals surface area (Å²) >= 11 is 0. The van der Waals surface area contributed by atoms with Crippen LogP contribution in [0.15, 0.2) is 0 Å². The summed E-state index contributed by atoms with van der Waals surface area (Å²) in [4.78, 5) is 0. The quantitative estimate of drug-likeness (QED) is 0.528. The van der Waals surface area contributed by atoms with Gasteiger partial charge in [-0.3, -0.25) is 0 Å². The van der Waals surface area contributed by atoms with Gasteiger partial charge in [0.1, 0.15) is 0 Å². The molecule has 1 saturated carbocycles. The molecule has 0 N–H and O–H groups in total. The molecule has 0 saturated heterocycles. The van der Waals surface area contributed by atoms with E-state index in [1.165, 1.54) is 19.3 Å². The molecule has 0 bridgehead atoms. The van der Waals surface area contributed by atoms with Gasteiger partial charge in [-0.1, -0.05) is 26.2 Å². The molecule has 1 heteroatoms. The molecule has 0 aliphatic heterocycles. The van der Waals surface area contributed by atoms with Crippen molar-refractivity contribution in [1.82, 2.24) is 0 Å². The second kappa shape index (κ2) is 3.33. The van der Waals surface area contributed by atoms with Crippen molar-refractivity contribution in [2.45, 2.75) is 26.2 Å². The van der Waals surface area contributed by atoms with E-state index in [1.54, 1.807) is 0 Å². The van der Waals surface area contributed by atoms with Crippen molar-refractivity contribution in [3.8, 4) is 0 Å². The van der Waals surface area contributed by atoms with E-state index in [1.807, 2.05) is 0 Å². The fraction of sp³-hybridized carbons (Fsp3) is 0.750. The van der Waals surface area contributed by atoms with E-state index in [0.29, 0.717) is 11.3 Å². The van der Waals surface area contributed by atoms with Crippen LogP contribution in [0, 0.1) is 25.2 Å². The Labute approximate surface area is 77.5 Å². The van der Waals surface area contributed by atoms with Crippen LogP contribution >= 0.6 is 0 Å². The molecule has 1 fully saturated rings. The van der Waals surface area contributed by atoms with Gasteiger partial charge in [0.15, 0.2) is 0 Å². The Morgan fingerprint density at radius 2 is 2.11 bits per heavy atom. The first-order valence-electron chi connectivity index (χ1n) is 3.31. The first-order valence-corrected chi connectivity index (χ1v) is 3.31. The zero-order valence-corrected chi connectivity index (χ0v) is 8.57. The van der Waals surface area contributed by atoms with Crippen LogP contribution in [0.1, 0.15) is 26.2 Å². The molecule has 1 aliphatic rings. The summed E-state index contributed by atoms with van der Waals surface area (Å²) in [6.45, 7) is 10.3. The van der Waals surface area contributed by atoms with Crippen molar-refractivity contribution in [2.75, 3.05) is 0 Å². The van der Waals surface area contributed by atoms with Crippen LogP contribution in [0.25, 0.3) is 0 Å². The average molecular weight is 201 g/mol. The van der Waals surface area contributed by atoms with Crippen LogP contribution < -0.4 is 0 Å². The van der Waals surface area contributed by atoms with E-state index in [9.17, 15) is 0 Å². The van der Waals surface area contributed by atoms with E-state index in [4.69, 9.17) is 0 Å². The summed E-state index contributed by atoms with van der Waals surface area (Å²) in [5.41, 5.74) is 0.292. The van der Waals surface area contributed by atoms with Gasteiger partial charge in [-0.15, -0.1) is 0 Å². The monoisotopic (exact) mass is 200 g/mol. The number of hydrogen-bond acceptors (Lipinski definition) is 0. The molecule has 0 spiro atoms. The first kappa shape index (κ1) is 9.88. The maximum absolute atomic E-state index is 4.09. The standard InChI is InChI=1S/C8H14.Zr/c1-7-5-4-6-8(7,2)3;/h7H,1-2,4-6H2,3H3;/q-2;+2/t7-,8-;/m0./s1. The summed E-state index contributed by atoms with van der Waals surface area (Å²) in [6.07, 6.45) is 3.87. The molecule has 9 heavy (non-hydrogen) atoms. The molecule has 0 radical (unpaired) electrons. The molecular weight excluding hydrogens is 187 g/mol. The van der Waals surface area contributed by atoms with Crippen molar-refractivity contribution >= 4 is 0 Å². The van der Waals surface area contributed by atoms with E-state index >= 15 is 0 Å². The minimum Gasteiger partial charge on any atom is -0.342 e. The molecule has 50 valence electrons. The summed E-state index contributed by atoms with van der Waals surface area (Å²) in [7, 11) is 0. The Balaban J connectivity index is 0.000000640. The zero-order valence-electron chi connectivity index (χ0n) is 6.11. The van der Waals surface area contributed by atoms with E-state index in [0.717, 1.165) is 0 Å². The Bertz CT molecular complexity index is 86.6. The maximum Gasteiger partial charge on any atom is 2.00 e. The molecule has 1 aliphatic carbocycles. The van der Waals surface area contributed by atoms with E-state index < -0.39 is 0 Å². The molecule has 0 unspecified atom stereocenters. The zero-order chi connectivity index (χ0) is 6.20. The van der Waals surface area contributed by atoms with Gasteiger partial charge in [-0.05, 0) is 0 Å². The largest absolute Gasteiger partial charge is 2.00 e. The van der Waals surface area contributed by atoms with Gasteiger partial charge < -0.3 is 13.8 Å². The number of rotatable bonds is 0. The van der Waals surface area contributed by atoms with Crippen LogP contribution in [0.2, 0.25) is 0 Å². The normalized spacial score (nSPS) is 42.3. The summed E-state index contributed by atoms with van der Waals surface area (Å²) in [6, 6.07) is 0. The van der Waals surface area contributed by atoms with Crippen LogP contribution in [0.5, 0.6) is 0 Å². The topological polar surface area (TPSA) is 0 Å². The minimum atomic E-state index is 0. The Kier molecular flexibility index (Phi) is 3.65. The molecule has 0 aromatic carbocycles. The minimum absolute atomic E-state index is 0. The average Bonchev–Trinajstić information content (AvgIpc) is 1.86. The second-order valence-electron chi connectivity index (χ2n) is 3.24. The summed E-state index contributed by atoms with van der Waals surface area (Å²) in [5.74, 6) is 0.600.